The highest BCUT2D eigenvalue weighted by molar-refractivity contribution is 8.00. The van der Waals surface area contributed by atoms with Crippen molar-refractivity contribution in [2.45, 2.75) is 35.9 Å². The van der Waals surface area contributed by atoms with Crippen LogP contribution in [0.3, 0.4) is 0 Å². The van der Waals surface area contributed by atoms with Crippen LogP contribution < -0.4 is 14.4 Å². The third kappa shape index (κ3) is 6.13. The normalized spacial score (nSPS) is 15.0. The van der Waals surface area contributed by atoms with Gasteiger partial charge in [0.05, 0.1) is 30.2 Å². The molecule has 0 radical (unpaired) electrons. The topological polar surface area (TPSA) is 102 Å². The quantitative estimate of drug-likeness (QED) is 0.0745. The van der Waals surface area contributed by atoms with Gasteiger partial charge >= 0.3 is 0 Å². The Kier molecular flexibility index (Phi) is 9.29. The fourth-order valence-corrected chi connectivity index (χ4v) is 7.13. The lowest BCUT2D eigenvalue weighted by atomic mass is 9.95. The number of halogens is 1. The van der Waals surface area contributed by atoms with E-state index in [0.717, 1.165) is 18.4 Å². The molecule has 1 aliphatic rings. The number of anilines is 1. The number of benzene rings is 2. The van der Waals surface area contributed by atoms with Crippen LogP contribution in [0.1, 0.15) is 46.6 Å². The Hall–Kier alpha value is -3.38. The molecule has 3 heterocycles. The van der Waals surface area contributed by atoms with Gasteiger partial charge in [0, 0.05) is 10.8 Å². The molecule has 41 heavy (non-hydrogen) atoms. The Morgan fingerprint density at radius 2 is 1.98 bits per heavy atom. The van der Waals surface area contributed by atoms with Gasteiger partial charge in [0.15, 0.2) is 21.6 Å². The van der Waals surface area contributed by atoms with Crippen molar-refractivity contribution in [1.82, 2.24) is 10.2 Å². The summed E-state index contributed by atoms with van der Waals surface area (Å²) in [6, 6.07) is 15.2. The number of ketones is 1. The van der Waals surface area contributed by atoms with E-state index in [0.29, 0.717) is 43.7 Å². The number of aliphatic hydroxyl groups is 1. The van der Waals surface area contributed by atoms with Crippen molar-refractivity contribution in [1.29, 1.82) is 0 Å². The van der Waals surface area contributed by atoms with E-state index in [1.807, 2.05) is 24.3 Å². The molecular formula is C29H26ClN3O5S3. The minimum absolute atomic E-state index is 0.0281. The number of unbranched alkanes of at least 4 members (excludes halogenated alkanes) is 1. The number of hydrogen-bond donors (Lipinski definition) is 1. The first-order valence-corrected chi connectivity index (χ1v) is 15.8. The molecule has 1 amide bonds. The van der Waals surface area contributed by atoms with Crippen LogP contribution in [0.25, 0.3) is 0 Å². The second kappa shape index (κ2) is 13.1. The number of carbonyl (C=O) groups excluding carboxylic acids is 2. The van der Waals surface area contributed by atoms with Gasteiger partial charge in [-0.25, -0.2) is 0 Å². The Labute approximate surface area is 254 Å². The molecule has 2 aromatic carbocycles. The highest BCUT2D eigenvalue weighted by Gasteiger charge is 2.46. The fraction of sp³-hybridized carbons (Fsp3) is 0.241. The zero-order valence-corrected chi connectivity index (χ0v) is 25.4. The first kappa shape index (κ1) is 29.1. The number of thioether (sulfide) groups is 1. The van der Waals surface area contributed by atoms with Gasteiger partial charge in [0.1, 0.15) is 0 Å². The van der Waals surface area contributed by atoms with Crippen molar-refractivity contribution in [3.05, 3.63) is 92.3 Å². The molecule has 1 unspecified atom stereocenters. The van der Waals surface area contributed by atoms with Crippen LogP contribution in [-0.4, -0.2) is 40.7 Å². The van der Waals surface area contributed by atoms with Gasteiger partial charge in [-0.1, -0.05) is 78.4 Å². The van der Waals surface area contributed by atoms with Crippen LogP contribution in [0.5, 0.6) is 11.5 Å². The minimum atomic E-state index is -0.954. The van der Waals surface area contributed by atoms with Crippen LogP contribution in [0, 0.1) is 0 Å². The van der Waals surface area contributed by atoms with E-state index in [4.69, 9.17) is 21.1 Å². The third-order valence-electron chi connectivity index (χ3n) is 6.37. The standard InChI is InChI=1S/C29H26ClN3O5S3/c1-3-4-13-38-20-12-11-17(15-21(20)37-2)24-23(25(34)22-10-7-14-39-22)26(35)27(36)33(24)28-31-32-29(41-28)40-16-18-8-5-6-9-19(18)30/h5-12,14-15,24,35H,3-4,13,16H2,1-2H3. The number of ether oxygens (including phenoxy) is 2. The Balaban J connectivity index is 1.51. The predicted molar refractivity (Wildman–Crippen MR) is 163 cm³/mol. The average molecular weight is 628 g/mol. The maximum Gasteiger partial charge on any atom is 0.296 e. The molecule has 0 saturated heterocycles. The van der Waals surface area contributed by atoms with Crippen molar-refractivity contribution >= 4 is 62.9 Å². The summed E-state index contributed by atoms with van der Waals surface area (Å²) in [5.41, 5.74) is 1.48. The van der Waals surface area contributed by atoms with Gasteiger partial charge in [0.2, 0.25) is 10.9 Å². The molecule has 0 bridgehead atoms. The second-order valence-electron chi connectivity index (χ2n) is 8.99. The number of amides is 1. The van der Waals surface area contributed by atoms with E-state index in [-0.39, 0.29) is 10.7 Å². The van der Waals surface area contributed by atoms with Crippen LogP contribution >= 0.6 is 46.0 Å². The van der Waals surface area contributed by atoms with E-state index in [2.05, 4.69) is 17.1 Å². The molecule has 2 aromatic heterocycles. The molecule has 0 aliphatic carbocycles. The van der Waals surface area contributed by atoms with E-state index >= 15 is 0 Å². The zero-order valence-electron chi connectivity index (χ0n) is 22.2. The summed E-state index contributed by atoms with van der Waals surface area (Å²) in [6.07, 6.45) is 1.87. The van der Waals surface area contributed by atoms with Crippen molar-refractivity contribution in [3.8, 4) is 11.5 Å². The highest BCUT2D eigenvalue weighted by atomic mass is 35.5. The monoisotopic (exact) mass is 627 g/mol. The van der Waals surface area contributed by atoms with Crippen molar-refractivity contribution < 1.29 is 24.2 Å². The maximum absolute atomic E-state index is 13.6. The number of nitrogens with zero attached hydrogens (tertiary/aromatic N) is 3. The lowest BCUT2D eigenvalue weighted by molar-refractivity contribution is -0.117. The predicted octanol–water partition coefficient (Wildman–Crippen LogP) is 7.52. The SMILES string of the molecule is CCCCOc1ccc(C2C(C(=O)c3cccs3)=C(O)C(=O)N2c2nnc(SCc3ccccc3Cl)s2)cc1OC. The number of carbonyl (C=O) groups is 2. The third-order valence-corrected chi connectivity index (χ3v) is 9.71. The van der Waals surface area contributed by atoms with Gasteiger partial charge in [0.25, 0.3) is 5.91 Å². The summed E-state index contributed by atoms with van der Waals surface area (Å²) < 4.78 is 12.1. The summed E-state index contributed by atoms with van der Waals surface area (Å²) in [5.74, 6) is -0.207. The second-order valence-corrected chi connectivity index (χ2v) is 12.5. The Bertz CT molecular complexity index is 1590. The molecule has 5 rings (SSSR count). The molecule has 1 aliphatic heterocycles. The molecule has 0 fully saturated rings. The molecular weight excluding hydrogens is 602 g/mol. The highest BCUT2D eigenvalue weighted by Crippen LogP contribution is 2.46. The zero-order chi connectivity index (χ0) is 28.9. The lowest BCUT2D eigenvalue weighted by Gasteiger charge is -2.24. The van der Waals surface area contributed by atoms with Crippen LogP contribution in [0.2, 0.25) is 5.02 Å². The Morgan fingerprint density at radius 3 is 2.71 bits per heavy atom. The molecule has 212 valence electrons. The van der Waals surface area contributed by atoms with Crippen molar-refractivity contribution in [3.63, 3.8) is 0 Å². The average Bonchev–Trinajstić information content (AvgIpc) is 3.73. The van der Waals surface area contributed by atoms with Gasteiger partial charge in [-0.3, -0.25) is 14.5 Å². The number of Topliss-reactive ketones (excluding diaryl/α,β-unsaturated/α-hetero) is 1. The van der Waals surface area contributed by atoms with Gasteiger partial charge < -0.3 is 14.6 Å². The van der Waals surface area contributed by atoms with Crippen LogP contribution in [0.15, 0.2) is 75.6 Å². The van der Waals surface area contributed by atoms with E-state index < -0.39 is 23.5 Å². The summed E-state index contributed by atoms with van der Waals surface area (Å²) in [6.45, 7) is 2.61. The number of methoxy groups -OCH3 is 1. The largest absolute Gasteiger partial charge is 0.503 e. The molecule has 1 atom stereocenters. The fourth-order valence-electron chi connectivity index (χ4n) is 4.30. The number of hydrogen-bond acceptors (Lipinski definition) is 10. The van der Waals surface area contributed by atoms with Crippen LogP contribution in [-0.2, 0) is 10.5 Å². The van der Waals surface area contributed by atoms with E-state index in [1.165, 1.54) is 46.4 Å². The molecule has 8 nitrogen and oxygen atoms in total. The molecule has 0 saturated carbocycles. The summed E-state index contributed by atoms with van der Waals surface area (Å²) in [5, 5.41) is 22.3. The molecule has 0 spiro atoms. The summed E-state index contributed by atoms with van der Waals surface area (Å²) in [7, 11) is 1.53. The molecule has 1 N–H and O–H groups in total. The number of rotatable bonds is 12. The van der Waals surface area contributed by atoms with Crippen molar-refractivity contribution in [2.75, 3.05) is 18.6 Å². The summed E-state index contributed by atoms with van der Waals surface area (Å²) in [4.78, 5) is 28.9. The molecule has 12 heteroatoms. The van der Waals surface area contributed by atoms with Crippen molar-refractivity contribution in [2.24, 2.45) is 0 Å². The van der Waals surface area contributed by atoms with Gasteiger partial charge in [-0.05, 0) is 47.2 Å². The number of thiophene rings is 1. The maximum atomic E-state index is 13.6. The number of aliphatic hydroxyl groups excluding tert-OH is 1. The van der Waals surface area contributed by atoms with Crippen LogP contribution in [0.4, 0.5) is 5.13 Å². The van der Waals surface area contributed by atoms with E-state index in [1.54, 1.807) is 35.7 Å². The smallest absolute Gasteiger partial charge is 0.296 e. The summed E-state index contributed by atoms with van der Waals surface area (Å²) >= 11 is 10.2. The van der Waals surface area contributed by atoms with E-state index in [9.17, 15) is 14.7 Å². The Morgan fingerprint density at radius 1 is 1.15 bits per heavy atom. The molecule has 4 aromatic rings. The first-order chi connectivity index (χ1) is 19.9. The van der Waals surface area contributed by atoms with Gasteiger partial charge in [-0.2, -0.15) is 0 Å². The van der Waals surface area contributed by atoms with Gasteiger partial charge in [-0.15, -0.1) is 21.5 Å². The number of aromatic nitrogens is 2. The minimum Gasteiger partial charge on any atom is -0.503 e. The first-order valence-electron chi connectivity index (χ1n) is 12.8. The lowest BCUT2D eigenvalue weighted by Crippen LogP contribution is -2.31.